The summed E-state index contributed by atoms with van der Waals surface area (Å²) in [6, 6.07) is -0.341. The molecule has 1 amide bonds. The molecule has 7 nitrogen and oxygen atoms in total. The van der Waals surface area contributed by atoms with Gasteiger partial charge in [0.25, 0.3) is 5.91 Å². The van der Waals surface area contributed by atoms with Gasteiger partial charge < -0.3 is 14.5 Å². The summed E-state index contributed by atoms with van der Waals surface area (Å²) in [5.74, 6) is -0.00139. The molecule has 2 atom stereocenters. The zero-order valence-electron chi connectivity index (χ0n) is 16.8. The Morgan fingerprint density at radius 2 is 1.93 bits per heavy atom. The molecule has 0 radical (unpaired) electrons. The fourth-order valence-electron chi connectivity index (χ4n) is 3.53. The van der Waals surface area contributed by atoms with E-state index >= 15 is 0 Å². The van der Waals surface area contributed by atoms with Gasteiger partial charge in [0.15, 0.2) is 15.9 Å². The number of thioether (sulfide) groups is 1. The summed E-state index contributed by atoms with van der Waals surface area (Å²) in [6.45, 7) is 7.75. The first-order valence-corrected chi connectivity index (χ1v) is 13.0. The highest BCUT2D eigenvalue weighted by molar-refractivity contribution is 8.23. The van der Waals surface area contributed by atoms with Crippen LogP contribution in [-0.4, -0.2) is 83.5 Å². The number of thiocarbonyl (C=S) groups is 1. The number of esters is 1. The smallest absolute Gasteiger partial charge is 0.317 e. The number of nitrogens with zero attached hydrogens (tertiary/aromatic N) is 2. The van der Waals surface area contributed by atoms with Gasteiger partial charge in [-0.3, -0.25) is 9.59 Å². The van der Waals surface area contributed by atoms with Crippen LogP contribution in [-0.2, 0) is 24.2 Å². The normalized spacial score (nSPS) is 23.2. The molecular weight excluding hydrogens is 420 g/mol. The van der Waals surface area contributed by atoms with Gasteiger partial charge in [0, 0.05) is 25.7 Å². The maximum atomic E-state index is 12.6. The van der Waals surface area contributed by atoms with Crippen molar-refractivity contribution in [3.8, 4) is 0 Å². The zero-order valence-corrected chi connectivity index (χ0v) is 19.2. The standard InChI is InChI=1S/C18H30N2O5S3/c1-4-20(15-7-10-28(23,24)12-15)17(22)14(3)25-16(21)11-27-18(26)19-8-5-13(2)6-9-19/h13-15H,4-12H2,1-3H3. The van der Waals surface area contributed by atoms with E-state index in [9.17, 15) is 18.0 Å². The number of carbonyl (C=O) groups is 2. The Morgan fingerprint density at radius 1 is 1.29 bits per heavy atom. The van der Waals surface area contributed by atoms with Gasteiger partial charge in [-0.1, -0.05) is 30.9 Å². The first kappa shape index (κ1) is 23.4. The average molecular weight is 451 g/mol. The highest BCUT2D eigenvalue weighted by atomic mass is 32.2. The molecule has 0 aromatic rings. The minimum absolute atomic E-state index is 0.0220. The van der Waals surface area contributed by atoms with Gasteiger partial charge >= 0.3 is 5.97 Å². The van der Waals surface area contributed by atoms with Crippen LogP contribution in [0.3, 0.4) is 0 Å². The van der Waals surface area contributed by atoms with E-state index in [2.05, 4.69) is 11.8 Å². The second kappa shape index (κ2) is 10.2. The molecule has 28 heavy (non-hydrogen) atoms. The fraction of sp³-hybridized carbons (Fsp3) is 0.833. The van der Waals surface area contributed by atoms with Crippen molar-refractivity contribution in [1.82, 2.24) is 9.80 Å². The summed E-state index contributed by atoms with van der Waals surface area (Å²) >= 11 is 6.66. The number of amides is 1. The second-order valence-electron chi connectivity index (χ2n) is 7.54. The number of hydrogen-bond donors (Lipinski definition) is 0. The van der Waals surface area contributed by atoms with Gasteiger partial charge in [-0.2, -0.15) is 0 Å². The molecule has 2 aliphatic rings. The predicted molar refractivity (Wildman–Crippen MR) is 115 cm³/mol. The van der Waals surface area contributed by atoms with Crippen LogP contribution in [0.15, 0.2) is 0 Å². The van der Waals surface area contributed by atoms with E-state index in [1.807, 2.05) is 0 Å². The second-order valence-corrected chi connectivity index (χ2v) is 11.4. The minimum Gasteiger partial charge on any atom is -0.452 e. The van der Waals surface area contributed by atoms with Crippen molar-refractivity contribution < 1.29 is 22.7 Å². The summed E-state index contributed by atoms with van der Waals surface area (Å²) in [6.07, 6.45) is 1.68. The van der Waals surface area contributed by atoms with E-state index in [1.54, 1.807) is 6.92 Å². The van der Waals surface area contributed by atoms with Crippen LogP contribution in [0, 0.1) is 5.92 Å². The number of hydrogen-bond acceptors (Lipinski definition) is 7. The molecule has 0 bridgehead atoms. The Morgan fingerprint density at radius 3 is 2.46 bits per heavy atom. The van der Waals surface area contributed by atoms with Crippen LogP contribution in [0.2, 0.25) is 0 Å². The maximum Gasteiger partial charge on any atom is 0.317 e. The maximum absolute atomic E-state index is 12.6. The van der Waals surface area contributed by atoms with E-state index < -0.39 is 21.9 Å². The van der Waals surface area contributed by atoms with Crippen LogP contribution in [0.4, 0.5) is 0 Å². The summed E-state index contributed by atoms with van der Waals surface area (Å²) in [4.78, 5) is 28.4. The molecule has 160 valence electrons. The van der Waals surface area contributed by atoms with Gasteiger partial charge in [0.05, 0.1) is 17.3 Å². The molecule has 0 spiro atoms. The van der Waals surface area contributed by atoms with Gasteiger partial charge in [0.2, 0.25) is 0 Å². The van der Waals surface area contributed by atoms with Crippen LogP contribution in [0.1, 0.15) is 40.0 Å². The molecule has 2 aliphatic heterocycles. The number of ether oxygens (including phenoxy) is 1. The molecule has 2 rings (SSSR count). The lowest BCUT2D eigenvalue weighted by Crippen LogP contribution is -2.46. The van der Waals surface area contributed by atoms with Crippen molar-refractivity contribution in [1.29, 1.82) is 0 Å². The van der Waals surface area contributed by atoms with Crippen molar-refractivity contribution >= 4 is 50.0 Å². The van der Waals surface area contributed by atoms with Crippen molar-refractivity contribution in [3.05, 3.63) is 0 Å². The van der Waals surface area contributed by atoms with E-state index in [0.29, 0.717) is 23.2 Å². The Balaban J connectivity index is 1.79. The lowest BCUT2D eigenvalue weighted by atomic mass is 10.00. The molecule has 0 N–H and O–H groups in total. The van der Waals surface area contributed by atoms with Crippen LogP contribution in [0.5, 0.6) is 0 Å². The van der Waals surface area contributed by atoms with Crippen molar-refractivity contribution in [3.63, 3.8) is 0 Å². The van der Waals surface area contributed by atoms with Gasteiger partial charge in [-0.05, 0) is 39.0 Å². The molecule has 2 unspecified atom stereocenters. The number of carbonyl (C=O) groups excluding carboxylic acids is 2. The highest BCUT2D eigenvalue weighted by Crippen LogP contribution is 2.21. The van der Waals surface area contributed by atoms with Gasteiger partial charge in [-0.25, -0.2) is 8.42 Å². The minimum atomic E-state index is -3.09. The number of rotatable bonds is 6. The first-order valence-electron chi connectivity index (χ1n) is 9.75. The molecule has 0 aliphatic carbocycles. The summed E-state index contributed by atoms with van der Waals surface area (Å²) < 4.78 is 29.3. The Labute approximate surface area is 177 Å². The largest absolute Gasteiger partial charge is 0.452 e. The third-order valence-corrected chi connectivity index (χ3v) is 8.53. The molecular formula is C18H30N2O5S3. The lowest BCUT2D eigenvalue weighted by molar-refractivity contribution is -0.157. The molecule has 0 aromatic carbocycles. The first-order chi connectivity index (χ1) is 13.1. The van der Waals surface area contributed by atoms with E-state index in [0.717, 1.165) is 25.9 Å². The van der Waals surface area contributed by atoms with E-state index in [1.165, 1.54) is 23.6 Å². The summed E-state index contributed by atoms with van der Waals surface area (Å²) in [5, 5.41) is 0. The highest BCUT2D eigenvalue weighted by Gasteiger charge is 2.36. The quantitative estimate of drug-likeness (QED) is 0.447. The van der Waals surface area contributed by atoms with Crippen LogP contribution in [0.25, 0.3) is 0 Å². The molecule has 0 saturated carbocycles. The summed E-state index contributed by atoms with van der Waals surface area (Å²) in [5.41, 5.74) is 0. The van der Waals surface area contributed by atoms with Crippen LogP contribution < -0.4 is 0 Å². The topological polar surface area (TPSA) is 84.0 Å². The van der Waals surface area contributed by atoms with Crippen molar-refractivity contribution in [2.45, 2.75) is 52.2 Å². The summed E-state index contributed by atoms with van der Waals surface area (Å²) in [7, 11) is -3.09. The monoisotopic (exact) mass is 450 g/mol. The predicted octanol–water partition coefficient (Wildman–Crippen LogP) is 1.70. The fourth-order valence-corrected chi connectivity index (χ4v) is 6.30. The number of piperidine rings is 1. The third kappa shape index (κ3) is 6.59. The van der Waals surface area contributed by atoms with E-state index in [-0.39, 0.29) is 29.2 Å². The van der Waals surface area contributed by atoms with Gasteiger partial charge in [-0.15, -0.1) is 0 Å². The molecule has 2 heterocycles. The third-order valence-electron chi connectivity index (χ3n) is 5.28. The molecule has 2 saturated heterocycles. The van der Waals surface area contributed by atoms with E-state index in [4.69, 9.17) is 17.0 Å². The number of sulfone groups is 1. The lowest BCUT2D eigenvalue weighted by Gasteiger charge is -2.31. The molecule has 10 heteroatoms. The number of likely N-dealkylation sites (N-methyl/N-ethyl adjacent to an activating group) is 1. The average Bonchev–Trinajstić information content (AvgIpc) is 3.00. The van der Waals surface area contributed by atoms with Crippen LogP contribution >= 0.6 is 24.0 Å². The van der Waals surface area contributed by atoms with Gasteiger partial charge in [0.1, 0.15) is 4.32 Å². The number of likely N-dealkylation sites (tertiary alicyclic amines) is 1. The Kier molecular flexibility index (Phi) is 8.57. The zero-order chi connectivity index (χ0) is 20.9. The Bertz CT molecular complexity index is 689. The SMILES string of the molecule is CCN(C(=O)C(C)OC(=O)CSC(=S)N1CCC(C)CC1)C1CCS(=O)(=O)C1. The Hall–Kier alpha value is -0.870. The molecule has 2 fully saturated rings. The van der Waals surface area contributed by atoms with Crippen molar-refractivity contribution in [2.75, 3.05) is 36.9 Å². The molecule has 0 aromatic heterocycles. The van der Waals surface area contributed by atoms with Crippen molar-refractivity contribution in [2.24, 2.45) is 5.92 Å².